The summed E-state index contributed by atoms with van der Waals surface area (Å²) in [6, 6.07) is -0.158. The molecule has 1 heterocycles. The fourth-order valence-electron chi connectivity index (χ4n) is 1.11. The fraction of sp³-hybridized carbons (Fsp3) is 0.556. The van der Waals surface area contributed by atoms with Crippen molar-refractivity contribution in [2.24, 2.45) is 0 Å². The lowest BCUT2D eigenvalue weighted by Crippen LogP contribution is -2.37. The molecule has 0 aromatic rings. The first-order chi connectivity index (χ1) is 6.07. The van der Waals surface area contributed by atoms with Crippen molar-refractivity contribution in [3.8, 4) is 0 Å². The Hall–Kier alpha value is -1.32. The number of cyclic esters (lactones) is 1. The minimum Gasteiger partial charge on any atom is -0.447 e. The molecule has 0 bridgehead atoms. The minimum atomic E-state index is -0.543. The lowest BCUT2D eigenvalue weighted by atomic mass is 10.2. The first-order valence-corrected chi connectivity index (χ1v) is 4.21. The third-order valence-electron chi connectivity index (χ3n) is 2.07. The molecular weight excluding hydrogens is 170 g/mol. The Morgan fingerprint density at radius 3 is 2.69 bits per heavy atom. The predicted molar refractivity (Wildman–Crippen MR) is 47.1 cm³/mol. The van der Waals surface area contributed by atoms with Crippen LogP contribution in [-0.4, -0.2) is 29.5 Å². The van der Waals surface area contributed by atoms with Gasteiger partial charge in [0.25, 0.3) is 5.91 Å². The number of amides is 2. The predicted octanol–water partition coefficient (Wildman–Crippen LogP) is 1.32. The Labute approximate surface area is 77.2 Å². The maximum atomic E-state index is 11.6. The molecule has 1 fully saturated rings. The second-order valence-corrected chi connectivity index (χ2v) is 3.07. The summed E-state index contributed by atoms with van der Waals surface area (Å²) in [6.07, 6.45) is 1.14. The van der Waals surface area contributed by atoms with E-state index in [1.807, 2.05) is 0 Å². The molecule has 0 N–H and O–H groups in total. The Bertz CT molecular complexity index is 270. The van der Waals surface area contributed by atoms with Gasteiger partial charge in [0.15, 0.2) is 0 Å². The number of imide groups is 1. The minimum absolute atomic E-state index is 0.158. The van der Waals surface area contributed by atoms with Gasteiger partial charge >= 0.3 is 6.09 Å². The van der Waals surface area contributed by atoms with Gasteiger partial charge in [0, 0.05) is 5.57 Å². The van der Waals surface area contributed by atoms with E-state index in [1.165, 1.54) is 0 Å². The third kappa shape index (κ3) is 1.71. The maximum Gasteiger partial charge on any atom is 0.417 e. The largest absolute Gasteiger partial charge is 0.447 e. The second kappa shape index (κ2) is 3.60. The summed E-state index contributed by atoms with van der Waals surface area (Å²) in [7, 11) is 0. The number of hydrogen-bond donors (Lipinski definition) is 0. The number of allylic oxidation sites excluding steroid dienone is 1. The third-order valence-corrected chi connectivity index (χ3v) is 2.07. The molecule has 1 saturated heterocycles. The topological polar surface area (TPSA) is 46.6 Å². The Balaban J connectivity index is 2.82. The molecule has 13 heavy (non-hydrogen) atoms. The van der Waals surface area contributed by atoms with Gasteiger partial charge in [0.1, 0.15) is 6.61 Å². The van der Waals surface area contributed by atoms with Crippen molar-refractivity contribution < 1.29 is 14.3 Å². The van der Waals surface area contributed by atoms with Gasteiger partial charge in [-0.2, -0.15) is 0 Å². The quantitative estimate of drug-likeness (QED) is 0.576. The summed E-state index contributed by atoms with van der Waals surface area (Å²) >= 11 is 0. The molecule has 72 valence electrons. The van der Waals surface area contributed by atoms with Gasteiger partial charge in [0.05, 0.1) is 6.04 Å². The molecule has 0 saturated carbocycles. The van der Waals surface area contributed by atoms with Gasteiger partial charge < -0.3 is 4.74 Å². The molecule has 0 radical (unpaired) electrons. The van der Waals surface area contributed by atoms with Crippen LogP contribution in [0.15, 0.2) is 11.6 Å². The highest BCUT2D eigenvalue weighted by Crippen LogP contribution is 2.14. The summed E-state index contributed by atoms with van der Waals surface area (Å²) in [5, 5.41) is 0. The summed E-state index contributed by atoms with van der Waals surface area (Å²) in [5.41, 5.74) is 0.561. The van der Waals surface area contributed by atoms with Gasteiger partial charge in [-0.05, 0) is 20.8 Å². The molecule has 1 aliphatic rings. The van der Waals surface area contributed by atoms with E-state index in [0.717, 1.165) is 4.90 Å². The standard InChI is InChI=1S/C9H13NO3/c1-4-6(2)8(11)10-7(3)5-13-9(10)12/h4,7H,5H2,1-3H3/b6-4+/t7-/m0/s1. The Morgan fingerprint density at radius 2 is 2.31 bits per heavy atom. The van der Waals surface area contributed by atoms with Crippen molar-refractivity contribution in [3.63, 3.8) is 0 Å². The SMILES string of the molecule is C/C=C(\C)C(=O)N1C(=O)OC[C@@H]1C. The highest BCUT2D eigenvalue weighted by atomic mass is 16.6. The Kier molecular flexibility index (Phi) is 2.70. The van der Waals surface area contributed by atoms with Crippen molar-refractivity contribution in [3.05, 3.63) is 11.6 Å². The van der Waals surface area contributed by atoms with E-state index in [0.29, 0.717) is 12.2 Å². The number of rotatable bonds is 1. The molecule has 0 spiro atoms. The lowest BCUT2D eigenvalue weighted by molar-refractivity contribution is -0.124. The van der Waals surface area contributed by atoms with Crippen LogP contribution in [0.4, 0.5) is 4.79 Å². The number of hydrogen-bond acceptors (Lipinski definition) is 3. The van der Waals surface area contributed by atoms with E-state index in [1.54, 1.807) is 26.8 Å². The molecule has 0 aromatic carbocycles. The normalized spacial score (nSPS) is 23.3. The van der Waals surface area contributed by atoms with Gasteiger partial charge in [-0.15, -0.1) is 0 Å². The Morgan fingerprint density at radius 1 is 1.69 bits per heavy atom. The molecule has 4 heteroatoms. The molecule has 0 aromatic heterocycles. The van der Waals surface area contributed by atoms with Crippen LogP contribution >= 0.6 is 0 Å². The van der Waals surface area contributed by atoms with Crippen LogP contribution in [0, 0.1) is 0 Å². The molecule has 1 aliphatic heterocycles. The van der Waals surface area contributed by atoms with E-state index in [9.17, 15) is 9.59 Å². The zero-order chi connectivity index (χ0) is 10.0. The fourth-order valence-corrected chi connectivity index (χ4v) is 1.11. The number of ether oxygens (including phenoxy) is 1. The molecule has 1 atom stereocenters. The number of carbonyl (C=O) groups is 2. The average molecular weight is 183 g/mol. The van der Waals surface area contributed by atoms with Crippen molar-refractivity contribution in [2.75, 3.05) is 6.61 Å². The zero-order valence-electron chi connectivity index (χ0n) is 8.03. The molecule has 2 amide bonds. The molecule has 1 rings (SSSR count). The van der Waals surface area contributed by atoms with Crippen LogP contribution in [0.25, 0.3) is 0 Å². The van der Waals surface area contributed by atoms with E-state index in [4.69, 9.17) is 4.74 Å². The van der Waals surface area contributed by atoms with Gasteiger partial charge in [-0.25, -0.2) is 9.69 Å². The zero-order valence-corrected chi connectivity index (χ0v) is 8.03. The van der Waals surface area contributed by atoms with Crippen LogP contribution in [0.3, 0.4) is 0 Å². The summed E-state index contributed by atoms with van der Waals surface area (Å²) in [4.78, 5) is 23.8. The smallest absolute Gasteiger partial charge is 0.417 e. The van der Waals surface area contributed by atoms with Crippen LogP contribution in [0.1, 0.15) is 20.8 Å². The number of carbonyl (C=O) groups excluding carboxylic acids is 2. The van der Waals surface area contributed by atoms with E-state index >= 15 is 0 Å². The highest BCUT2D eigenvalue weighted by molar-refractivity contribution is 6.02. The van der Waals surface area contributed by atoms with Crippen molar-refractivity contribution in [1.82, 2.24) is 4.90 Å². The highest BCUT2D eigenvalue weighted by Gasteiger charge is 2.35. The average Bonchev–Trinajstić information content (AvgIpc) is 2.44. The van der Waals surface area contributed by atoms with E-state index in [-0.39, 0.29) is 11.9 Å². The monoisotopic (exact) mass is 183 g/mol. The first kappa shape index (κ1) is 9.77. The van der Waals surface area contributed by atoms with E-state index in [2.05, 4.69) is 0 Å². The lowest BCUT2D eigenvalue weighted by Gasteiger charge is -2.15. The summed E-state index contributed by atoms with van der Waals surface area (Å²) in [5.74, 6) is -0.266. The molecule has 0 aliphatic carbocycles. The first-order valence-electron chi connectivity index (χ1n) is 4.21. The molecule has 0 unspecified atom stereocenters. The maximum absolute atomic E-state index is 11.6. The van der Waals surface area contributed by atoms with Gasteiger partial charge in [-0.3, -0.25) is 4.79 Å². The van der Waals surface area contributed by atoms with Crippen LogP contribution in [-0.2, 0) is 9.53 Å². The van der Waals surface area contributed by atoms with Crippen LogP contribution in [0.2, 0.25) is 0 Å². The van der Waals surface area contributed by atoms with Crippen molar-refractivity contribution in [1.29, 1.82) is 0 Å². The van der Waals surface area contributed by atoms with Crippen LogP contribution in [0.5, 0.6) is 0 Å². The summed E-state index contributed by atoms with van der Waals surface area (Å²) < 4.78 is 4.73. The van der Waals surface area contributed by atoms with Gasteiger partial charge in [-0.1, -0.05) is 6.08 Å². The second-order valence-electron chi connectivity index (χ2n) is 3.07. The molecular formula is C9H13NO3. The molecule has 4 nitrogen and oxygen atoms in total. The summed E-state index contributed by atoms with van der Waals surface area (Å²) in [6.45, 7) is 5.52. The van der Waals surface area contributed by atoms with Crippen LogP contribution < -0.4 is 0 Å². The number of nitrogens with zero attached hydrogens (tertiary/aromatic N) is 1. The van der Waals surface area contributed by atoms with Crippen molar-refractivity contribution in [2.45, 2.75) is 26.8 Å². The van der Waals surface area contributed by atoms with Gasteiger partial charge in [0.2, 0.25) is 0 Å². The van der Waals surface area contributed by atoms with E-state index < -0.39 is 6.09 Å². The van der Waals surface area contributed by atoms with Crippen molar-refractivity contribution >= 4 is 12.0 Å².